The molecule has 48 heavy (non-hydrogen) atoms. The molecule has 0 fully saturated rings. The fraction of sp³-hybridized carbons (Fsp3) is 0.0541. The van der Waals surface area contributed by atoms with Crippen molar-refractivity contribution in [2.24, 2.45) is 0 Å². The second-order valence-electron chi connectivity index (χ2n) is 10.4. The molecule has 0 spiro atoms. The van der Waals surface area contributed by atoms with Gasteiger partial charge in [-0.3, -0.25) is 14.4 Å². The van der Waals surface area contributed by atoms with Crippen LogP contribution in [0.1, 0.15) is 32.3 Å². The quantitative estimate of drug-likeness (QED) is 0.101. The van der Waals surface area contributed by atoms with Crippen molar-refractivity contribution in [2.45, 2.75) is 16.3 Å². The zero-order valence-corrected chi connectivity index (χ0v) is 26.6. The fourth-order valence-corrected chi connectivity index (χ4v) is 5.70. The second kappa shape index (κ2) is 15.5. The molecule has 242 valence electrons. The molecular formula is C37H27ClF3N3O3S. The smallest absolute Gasteiger partial charge is 0.323 e. The molecule has 6 nitrogen and oxygen atoms in total. The summed E-state index contributed by atoms with van der Waals surface area (Å²) in [7, 11) is 0. The van der Waals surface area contributed by atoms with E-state index in [0.29, 0.717) is 27.3 Å². The highest BCUT2D eigenvalue weighted by atomic mass is 35.5. The van der Waals surface area contributed by atoms with E-state index in [-0.39, 0.29) is 16.4 Å². The summed E-state index contributed by atoms with van der Waals surface area (Å²) in [5, 5.41) is 7.15. The Labute approximate surface area is 284 Å². The Hall–Kier alpha value is -5.32. The van der Waals surface area contributed by atoms with Crippen molar-refractivity contribution < 1.29 is 27.6 Å². The first-order valence-corrected chi connectivity index (χ1v) is 15.8. The van der Waals surface area contributed by atoms with E-state index >= 15 is 0 Å². The molecule has 0 saturated carbocycles. The van der Waals surface area contributed by atoms with Crippen molar-refractivity contribution in [3.63, 3.8) is 0 Å². The molecule has 5 rings (SSSR count). The molecular weight excluding hydrogens is 659 g/mol. The van der Waals surface area contributed by atoms with E-state index in [9.17, 15) is 27.6 Å². The third kappa shape index (κ3) is 9.15. The zero-order chi connectivity index (χ0) is 34.1. The number of alkyl halides is 3. The Bertz CT molecular complexity index is 1920. The zero-order valence-electron chi connectivity index (χ0n) is 25.0. The number of thioether (sulfide) groups is 1. The van der Waals surface area contributed by atoms with Gasteiger partial charge in [0.15, 0.2) is 0 Å². The Morgan fingerprint density at radius 1 is 0.729 bits per heavy atom. The molecule has 1 unspecified atom stereocenters. The molecule has 0 aliphatic rings. The number of rotatable bonds is 10. The number of hydrogen-bond acceptors (Lipinski definition) is 4. The van der Waals surface area contributed by atoms with Crippen LogP contribution in [0.5, 0.6) is 0 Å². The molecule has 0 saturated heterocycles. The molecule has 1 atom stereocenters. The largest absolute Gasteiger partial charge is 0.416 e. The van der Waals surface area contributed by atoms with Gasteiger partial charge in [0.25, 0.3) is 11.8 Å². The number of carbonyl (C=O) groups excluding carboxylic acids is 3. The van der Waals surface area contributed by atoms with Crippen molar-refractivity contribution in [1.82, 2.24) is 5.32 Å². The van der Waals surface area contributed by atoms with Crippen LogP contribution in [-0.2, 0) is 15.8 Å². The van der Waals surface area contributed by atoms with E-state index in [2.05, 4.69) is 16.0 Å². The van der Waals surface area contributed by atoms with Crippen LogP contribution in [0.25, 0.3) is 6.08 Å². The number of anilines is 2. The van der Waals surface area contributed by atoms with Crippen LogP contribution < -0.4 is 16.0 Å². The average molecular weight is 686 g/mol. The number of nitrogens with one attached hydrogen (secondary N) is 3. The summed E-state index contributed by atoms with van der Waals surface area (Å²) in [6.45, 7) is 0. The molecule has 11 heteroatoms. The second-order valence-corrected chi connectivity index (χ2v) is 11.9. The number of hydrogen-bond donors (Lipinski definition) is 3. The molecule has 5 aromatic rings. The molecule has 0 heterocycles. The van der Waals surface area contributed by atoms with E-state index in [1.165, 1.54) is 11.8 Å². The maximum atomic E-state index is 13.5. The first kappa shape index (κ1) is 34.0. The number of carbonyl (C=O) groups is 3. The van der Waals surface area contributed by atoms with E-state index in [0.717, 1.165) is 18.2 Å². The molecule has 0 bridgehead atoms. The molecule has 0 aliphatic heterocycles. The van der Waals surface area contributed by atoms with Crippen molar-refractivity contribution in [2.75, 3.05) is 10.6 Å². The van der Waals surface area contributed by atoms with Crippen molar-refractivity contribution in [3.05, 3.63) is 166 Å². The Morgan fingerprint density at radius 3 is 1.96 bits per heavy atom. The first-order valence-electron chi connectivity index (χ1n) is 14.5. The summed E-state index contributed by atoms with van der Waals surface area (Å²) < 4.78 is 40.0. The number of amides is 3. The van der Waals surface area contributed by atoms with E-state index in [4.69, 9.17) is 11.6 Å². The SMILES string of the molecule is O=C(Nc1ccc(SC(C(=O)Nc2cc(C(F)(F)F)ccc2Cl)c2ccccc2)cc1)/C(=C/c1ccccc1)NC(=O)c1ccccc1. The van der Waals surface area contributed by atoms with Gasteiger partial charge in [-0.15, -0.1) is 11.8 Å². The third-order valence-corrected chi connectivity index (χ3v) is 8.49. The summed E-state index contributed by atoms with van der Waals surface area (Å²) in [5.74, 6) is -1.57. The monoisotopic (exact) mass is 685 g/mol. The highest BCUT2D eigenvalue weighted by Gasteiger charge is 2.31. The standard InChI is InChI=1S/C37H27ClF3N3O3S/c38-30-21-16-27(37(39,40)41)23-31(30)43-36(47)33(25-12-6-2-7-13-25)48-29-19-17-28(18-20-29)42-35(46)32(22-24-10-4-1-5-11-24)44-34(45)26-14-8-3-9-15-26/h1-23,33H,(H,42,46)(H,43,47)(H,44,45)/b32-22-. The minimum absolute atomic E-state index is 0.0302. The third-order valence-electron chi connectivity index (χ3n) is 6.90. The fourth-order valence-electron chi connectivity index (χ4n) is 4.51. The first-order chi connectivity index (χ1) is 23.1. The minimum atomic E-state index is -4.61. The van der Waals surface area contributed by atoms with Crippen LogP contribution in [0.4, 0.5) is 24.5 Å². The average Bonchev–Trinajstić information content (AvgIpc) is 3.09. The molecule has 5 aromatic carbocycles. The molecule has 0 aliphatic carbocycles. The topological polar surface area (TPSA) is 87.3 Å². The Kier molecular flexibility index (Phi) is 11.0. The lowest BCUT2D eigenvalue weighted by Gasteiger charge is -2.19. The van der Waals surface area contributed by atoms with Crippen LogP contribution in [-0.4, -0.2) is 17.7 Å². The van der Waals surface area contributed by atoms with Crippen LogP contribution >= 0.6 is 23.4 Å². The predicted octanol–water partition coefficient (Wildman–Crippen LogP) is 9.24. The van der Waals surface area contributed by atoms with Crippen molar-refractivity contribution >= 4 is 58.5 Å². The van der Waals surface area contributed by atoms with Crippen molar-refractivity contribution in [3.8, 4) is 0 Å². The molecule has 3 amide bonds. The summed E-state index contributed by atoms with van der Waals surface area (Å²) in [6.07, 6.45) is -3.04. The highest BCUT2D eigenvalue weighted by molar-refractivity contribution is 8.00. The Balaban J connectivity index is 1.33. The van der Waals surface area contributed by atoms with Crippen LogP contribution in [0.15, 0.2) is 144 Å². The van der Waals surface area contributed by atoms with Gasteiger partial charge in [0.2, 0.25) is 5.91 Å². The molecule has 0 aromatic heterocycles. The van der Waals surface area contributed by atoms with E-state index < -0.39 is 34.7 Å². The maximum Gasteiger partial charge on any atom is 0.416 e. The predicted molar refractivity (Wildman–Crippen MR) is 184 cm³/mol. The summed E-state index contributed by atoms with van der Waals surface area (Å²) >= 11 is 7.30. The lowest BCUT2D eigenvalue weighted by atomic mass is 10.1. The number of benzene rings is 5. The summed E-state index contributed by atoms with van der Waals surface area (Å²) in [5.41, 5.74) is 1.07. The van der Waals surface area contributed by atoms with Gasteiger partial charge >= 0.3 is 6.18 Å². The lowest BCUT2D eigenvalue weighted by molar-refractivity contribution is -0.137. The van der Waals surface area contributed by atoms with Gasteiger partial charge in [-0.2, -0.15) is 13.2 Å². The van der Waals surface area contributed by atoms with Crippen LogP contribution in [0.2, 0.25) is 5.02 Å². The van der Waals surface area contributed by atoms with Crippen molar-refractivity contribution in [1.29, 1.82) is 0 Å². The van der Waals surface area contributed by atoms with Crippen LogP contribution in [0.3, 0.4) is 0 Å². The Morgan fingerprint density at radius 2 is 1.33 bits per heavy atom. The molecule has 3 N–H and O–H groups in total. The summed E-state index contributed by atoms with van der Waals surface area (Å²) in [4.78, 5) is 40.4. The van der Waals surface area contributed by atoms with Gasteiger partial charge in [-0.1, -0.05) is 90.5 Å². The number of halogens is 4. The maximum absolute atomic E-state index is 13.5. The van der Waals surface area contributed by atoms with Gasteiger partial charge in [0, 0.05) is 16.1 Å². The van der Waals surface area contributed by atoms with Gasteiger partial charge in [0.05, 0.1) is 16.3 Å². The normalized spacial score (nSPS) is 12.1. The highest BCUT2D eigenvalue weighted by Crippen LogP contribution is 2.38. The van der Waals surface area contributed by atoms with Gasteiger partial charge in [-0.05, 0) is 71.8 Å². The lowest BCUT2D eigenvalue weighted by Crippen LogP contribution is -2.30. The van der Waals surface area contributed by atoms with E-state index in [1.54, 1.807) is 103 Å². The van der Waals surface area contributed by atoms with Gasteiger partial charge < -0.3 is 16.0 Å². The van der Waals surface area contributed by atoms with Crippen LogP contribution in [0, 0.1) is 0 Å². The minimum Gasteiger partial charge on any atom is -0.323 e. The van der Waals surface area contributed by atoms with Gasteiger partial charge in [-0.25, -0.2) is 0 Å². The van der Waals surface area contributed by atoms with E-state index in [1.807, 2.05) is 18.2 Å². The molecule has 0 radical (unpaired) electrons. The summed E-state index contributed by atoms with van der Waals surface area (Å²) in [6, 6.07) is 35.8. The van der Waals surface area contributed by atoms with Gasteiger partial charge in [0.1, 0.15) is 10.9 Å².